The highest BCUT2D eigenvalue weighted by Gasteiger charge is 2.20. The molecule has 2 aromatic carbocycles. The van der Waals surface area contributed by atoms with Gasteiger partial charge in [0.25, 0.3) is 0 Å². The van der Waals surface area contributed by atoms with Gasteiger partial charge >= 0.3 is 0 Å². The van der Waals surface area contributed by atoms with Crippen molar-refractivity contribution in [3.63, 3.8) is 0 Å². The molecule has 2 aromatic heterocycles. The minimum atomic E-state index is 0.743. The lowest BCUT2D eigenvalue weighted by Crippen LogP contribution is -2.06. The Bertz CT molecular complexity index is 1370. The van der Waals surface area contributed by atoms with Gasteiger partial charge in [-0.1, -0.05) is 49.4 Å². The molecule has 4 heteroatoms. The summed E-state index contributed by atoms with van der Waals surface area (Å²) < 4.78 is 2.22. The molecule has 0 unspecified atom stereocenters. The first kappa shape index (κ1) is 19.3. The van der Waals surface area contributed by atoms with Gasteiger partial charge in [0.05, 0.1) is 12.6 Å². The molecule has 0 N–H and O–H groups in total. The van der Waals surface area contributed by atoms with Gasteiger partial charge in [0.1, 0.15) is 11.3 Å². The number of nitriles is 1. The molecule has 4 aromatic rings. The van der Waals surface area contributed by atoms with Crippen LogP contribution in [0.1, 0.15) is 47.5 Å². The monoisotopic (exact) mass is 404 g/mol. The highest BCUT2D eigenvalue weighted by atomic mass is 15.1. The first-order chi connectivity index (χ1) is 15.2. The predicted octanol–water partition coefficient (Wildman–Crippen LogP) is 5.49. The van der Waals surface area contributed by atoms with Gasteiger partial charge in [-0.2, -0.15) is 5.26 Å². The molecule has 0 aliphatic heterocycles. The Balaban J connectivity index is 1.61. The van der Waals surface area contributed by atoms with Crippen LogP contribution in [0.25, 0.3) is 16.7 Å². The Labute approximate surface area is 182 Å². The minimum Gasteiger partial charge on any atom is -0.308 e. The fraction of sp³-hybridized carbons (Fsp3) is 0.222. The lowest BCUT2D eigenvalue weighted by atomic mass is 9.90. The Morgan fingerprint density at radius 3 is 2.68 bits per heavy atom. The van der Waals surface area contributed by atoms with Crippen LogP contribution in [0.5, 0.6) is 0 Å². The summed E-state index contributed by atoms with van der Waals surface area (Å²) in [6, 6.07) is 21.5. The normalized spacial score (nSPS) is 14.5. The van der Waals surface area contributed by atoms with Gasteiger partial charge in [0.2, 0.25) is 0 Å². The maximum absolute atomic E-state index is 9.69. The van der Waals surface area contributed by atoms with Gasteiger partial charge < -0.3 is 4.57 Å². The maximum Gasteiger partial charge on any atom is 0.160 e. The van der Waals surface area contributed by atoms with Gasteiger partial charge in [0, 0.05) is 23.8 Å². The zero-order valence-electron chi connectivity index (χ0n) is 17.9. The molecular formula is C27H24N4. The summed E-state index contributed by atoms with van der Waals surface area (Å²) in [7, 11) is 0. The summed E-state index contributed by atoms with van der Waals surface area (Å²) >= 11 is 0. The fourth-order valence-corrected chi connectivity index (χ4v) is 4.68. The largest absolute Gasteiger partial charge is 0.308 e. The molecule has 0 atom stereocenters. The Hall–Kier alpha value is -3.71. The number of rotatable bonds is 3. The summed E-state index contributed by atoms with van der Waals surface area (Å²) in [6.45, 7) is 4.80. The molecule has 0 saturated carbocycles. The van der Waals surface area contributed by atoms with E-state index >= 15 is 0 Å². The number of pyridine rings is 1. The van der Waals surface area contributed by atoms with Gasteiger partial charge in [-0.05, 0) is 59.7 Å². The third-order valence-corrected chi connectivity index (χ3v) is 6.17. The van der Waals surface area contributed by atoms with E-state index in [-0.39, 0.29) is 0 Å². The van der Waals surface area contributed by atoms with Crippen LogP contribution in [0.4, 0.5) is 0 Å². The van der Waals surface area contributed by atoms with E-state index in [0.29, 0.717) is 0 Å². The van der Waals surface area contributed by atoms with Crippen molar-refractivity contribution in [2.24, 2.45) is 0 Å². The average Bonchev–Trinajstić information content (AvgIpc) is 3.07. The molecular weight excluding hydrogens is 380 g/mol. The van der Waals surface area contributed by atoms with Crippen molar-refractivity contribution >= 4 is 16.7 Å². The smallest absolute Gasteiger partial charge is 0.160 e. The molecule has 0 saturated heterocycles. The molecule has 0 spiro atoms. The van der Waals surface area contributed by atoms with E-state index in [1.165, 1.54) is 27.8 Å². The second-order valence-corrected chi connectivity index (χ2v) is 8.07. The molecule has 31 heavy (non-hydrogen) atoms. The van der Waals surface area contributed by atoms with Crippen molar-refractivity contribution in [1.82, 2.24) is 14.5 Å². The molecule has 0 bridgehead atoms. The summed E-state index contributed by atoms with van der Waals surface area (Å²) in [5.41, 5.74) is 9.92. The standard InChI is InChI=1S/C27H24N4/c1-3-25-30-24-9-6-14-29-27(24)31(25)17-19-10-13-23-21(15-19)12-11-20-7-4-5-8-22(20)26(23)18(2)16-28/h4-10,13-15H,3,11-12,17H2,1-2H3. The molecule has 4 nitrogen and oxygen atoms in total. The number of nitrogens with zero attached hydrogens (tertiary/aromatic N) is 4. The van der Waals surface area contributed by atoms with Crippen molar-refractivity contribution in [2.75, 3.05) is 0 Å². The van der Waals surface area contributed by atoms with E-state index in [2.05, 4.69) is 65.0 Å². The number of hydrogen-bond acceptors (Lipinski definition) is 3. The molecule has 0 amide bonds. The second-order valence-electron chi connectivity index (χ2n) is 8.07. The lowest BCUT2D eigenvalue weighted by Gasteiger charge is -2.15. The maximum atomic E-state index is 9.69. The van der Waals surface area contributed by atoms with E-state index in [4.69, 9.17) is 4.98 Å². The van der Waals surface area contributed by atoms with Crippen molar-refractivity contribution in [2.45, 2.75) is 39.7 Å². The number of hydrogen-bond donors (Lipinski definition) is 0. The number of allylic oxidation sites excluding steroid dienone is 1. The minimum absolute atomic E-state index is 0.743. The fourth-order valence-electron chi connectivity index (χ4n) is 4.68. The summed E-state index contributed by atoms with van der Waals surface area (Å²) in [5.74, 6) is 1.05. The Morgan fingerprint density at radius 1 is 1.03 bits per heavy atom. The van der Waals surface area contributed by atoms with Crippen LogP contribution in [0.15, 0.2) is 66.4 Å². The number of fused-ring (bicyclic) bond motifs is 3. The molecule has 152 valence electrons. The topological polar surface area (TPSA) is 54.5 Å². The number of aromatic nitrogens is 3. The predicted molar refractivity (Wildman–Crippen MR) is 124 cm³/mol. The zero-order chi connectivity index (χ0) is 21.4. The SMILES string of the molecule is CCc1nc2cccnc2n1Cc1ccc2c(c1)CCc1ccccc1C2=C(C)C#N. The van der Waals surface area contributed by atoms with Crippen LogP contribution in [0.3, 0.4) is 0 Å². The van der Waals surface area contributed by atoms with Gasteiger partial charge in [-0.3, -0.25) is 0 Å². The molecule has 5 rings (SSSR count). The third-order valence-electron chi connectivity index (χ3n) is 6.17. The second kappa shape index (κ2) is 7.85. The van der Waals surface area contributed by atoms with Crippen LogP contribution in [-0.4, -0.2) is 14.5 Å². The van der Waals surface area contributed by atoms with Crippen LogP contribution in [-0.2, 0) is 25.8 Å². The summed E-state index contributed by atoms with van der Waals surface area (Å²) in [4.78, 5) is 9.34. The molecule has 1 aliphatic carbocycles. The van der Waals surface area contributed by atoms with E-state index in [0.717, 1.165) is 53.9 Å². The Kier molecular flexibility index (Phi) is 4.88. The van der Waals surface area contributed by atoms with Crippen molar-refractivity contribution in [3.8, 4) is 6.07 Å². The van der Waals surface area contributed by atoms with E-state index in [1.807, 2.05) is 25.3 Å². The van der Waals surface area contributed by atoms with Crippen LogP contribution < -0.4 is 0 Å². The lowest BCUT2D eigenvalue weighted by molar-refractivity contribution is 0.745. The van der Waals surface area contributed by atoms with Crippen molar-refractivity contribution in [1.29, 1.82) is 5.26 Å². The first-order valence-electron chi connectivity index (χ1n) is 10.8. The van der Waals surface area contributed by atoms with E-state index in [1.54, 1.807) is 0 Å². The zero-order valence-corrected chi connectivity index (χ0v) is 17.9. The number of benzene rings is 2. The Morgan fingerprint density at radius 2 is 1.84 bits per heavy atom. The molecule has 2 heterocycles. The third kappa shape index (κ3) is 3.33. The molecule has 0 fully saturated rings. The van der Waals surface area contributed by atoms with Crippen LogP contribution >= 0.6 is 0 Å². The molecule has 0 radical (unpaired) electrons. The quantitative estimate of drug-likeness (QED) is 0.425. The van der Waals surface area contributed by atoms with Crippen molar-refractivity contribution in [3.05, 3.63) is 100 Å². The van der Waals surface area contributed by atoms with Crippen LogP contribution in [0, 0.1) is 11.3 Å². The summed E-state index contributed by atoms with van der Waals surface area (Å²) in [5, 5.41) is 9.69. The van der Waals surface area contributed by atoms with Gasteiger partial charge in [0.15, 0.2) is 5.65 Å². The van der Waals surface area contributed by atoms with Crippen molar-refractivity contribution < 1.29 is 0 Å². The van der Waals surface area contributed by atoms with Gasteiger partial charge in [-0.15, -0.1) is 0 Å². The van der Waals surface area contributed by atoms with E-state index < -0.39 is 0 Å². The van der Waals surface area contributed by atoms with Crippen LogP contribution in [0.2, 0.25) is 0 Å². The number of imidazole rings is 1. The number of aryl methyl sites for hydroxylation is 3. The summed E-state index contributed by atoms with van der Waals surface area (Å²) in [6.07, 6.45) is 4.64. The first-order valence-corrected chi connectivity index (χ1v) is 10.8. The highest BCUT2D eigenvalue weighted by molar-refractivity contribution is 5.87. The molecule has 1 aliphatic rings. The van der Waals surface area contributed by atoms with Gasteiger partial charge in [-0.25, -0.2) is 9.97 Å². The highest BCUT2D eigenvalue weighted by Crippen LogP contribution is 2.36. The van der Waals surface area contributed by atoms with E-state index in [9.17, 15) is 5.26 Å². The average molecular weight is 405 g/mol.